The van der Waals surface area contributed by atoms with Crippen molar-refractivity contribution in [2.45, 2.75) is 19.3 Å². The maximum atomic E-state index is 12.2. The van der Waals surface area contributed by atoms with Gasteiger partial charge in [0.2, 0.25) is 5.91 Å². The highest BCUT2D eigenvalue weighted by Gasteiger charge is 2.18. The molecule has 2 N–H and O–H groups in total. The molecule has 1 amide bonds. The van der Waals surface area contributed by atoms with Crippen molar-refractivity contribution in [2.24, 2.45) is 5.92 Å². The molecule has 0 aromatic heterocycles. The highest BCUT2D eigenvalue weighted by molar-refractivity contribution is 6.32. The van der Waals surface area contributed by atoms with Crippen LogP contribution in [0, 0.1) is 5.92 Å². The number of halogens is 1. The second-order valence-electron chi connectivity index (χ2n) is 5.13. The van der Waals surface area contributed by atoms with E-state index in [1.807, 2.05) is 0 Å². The van der Waals surface area contributed by atoms with E-state index < -0.39 is 0 Å². The Kier molecular flexibility index (Phi) is 5.70. The van der Waals surface area contributed by atoms with Crippen LogP contribution in [0.1, 0.15) is 19.3 Å². The number of nitrogens with one attached hydrogen (secondary N) is 2. The zero-order chi connectivity index (χ0) is 15.2. The van der Waals surface area contributed by atoms with E-state index in [2.05, 4.69) is 10.6 Å². The number of hydrogen-bond acceptors (Lipinski definition) is 4. The minimum absolute atomic E-state index is 0.0126. The fourth-order valence-corrected chi connectivity index (χ4v) is 2.75. The van der Waals surface area contributed by atoms with E-state index in [1.54, 1.807) is 19.2 Å². The van der Waals surface area contributed by atoms with Gasteiger partial charge in [-0.25, -0.2) is 0 Å². The van der Waals surface area contributed by atoms with Gasteiger partial charge in [-0.1, -0.05) is 11.6 Å². The Morgan fingerprint density at radius 3 is 2.57 bits per heavy atom. The summed E-state index contributed by atoms with van der Waals surface area (Å²) in [6.45, 7) is 1.96. The van der Waals surface area contributed by atoms with Crippen LogP contribution in [0.15, 0.2) is 12.1 Å². The average Bonchev–Trinajstić information content (AvgIpc) is 2.48. The molecule has 1 aliphatic heterocycles. The molecule has 0 atom stereocenters. The summed E-state index contributed by atoms with van der Waals surface area (Å²) in [5.74, 6) is 1.48. The lowest BCUT2D eigenvalue weighted by Gasteiger charge is -2.22. The van der Waals surface area contributed by atoms with Gasteiger partial charge in [-0.05, 0) is 37.9 Å². The summed E-state index contributed by atoms with van der Waals surface area (Å²) in [6, 6.07) is 3.32. The van der Waals surface area contributed by atoms with E-state index in [-0.39, 0.29) is 5.91 Å². The lowest BCUT2D eigenvalue weighted by molar-refractivity contribution is -0.117. The Morgan fingerprint density at radius 1 is 1.29 bits per heavy atom. The van der Waals surface area contributed by atoms with Gasteiger partial charge in [0.05, 0.1) is 24.9 Å². The first-order valence-corrected chi connectivity index (χ1v) is 7.44. The van der Waals surface area contributed by atoms with Crippen LogP contribution in [0.2, 0.25) is 5.02 Å². The Bertz CT molecular complexity index is 502. The summed E-state index contributed by atoms with van der Waals surface area (Å²) < 4.78 is 10.4. The van der Waals surface area contributed by atoms with Crippen molar-refractivity contribution < 1.29 is 14.3 Å². The monoisotopic (exact) mass is 312 g/mol. The summed E-state index contributed by atoms with van der Waals surface area (Å²) in [6.07, 6.45) is 2.59. The molecule has 0 spiro atoms. The molecule has 0 saturated carbocycles. The lowest BCUT2D eigenvalue weighted by atomic mass is 9.94. The van der Waals surface area contributed by atoms with Crippen LogP contribution < -0.4 is 20.1 Å². The highest BCUT2D eigenvalue weighted by Crippen LogP contribution is 2.36. The van der Waals surface area contributed by atoms with Crippen molar-refractivity contribution in [3.05, 3.63) is 17.2 Å². The molecular formula is C15H21ClN2O3. The Balaban J connectivity index is 2.03. The maximum absolute atomic E-state index is 12.2. The van der Waals surface area contributed by atoms with Crippen LogP contribution >= 0.6 is 11.6 Å². The van der Waals surface area contributed by atoms with Crippen LogP contribution in [0.4, 0.5) is 5.69 Å². The van der Waals surface area contributed by atoms with E-state index in [9.17, 15) is 4.79 Å². The number of amides is 1. The highest BCUT2D eigenvalue weighted by atomic mass is 35.5. The maximum Gasteiger partial charge on any atom is 0.224 e. The number of carbonyl (C=O) groups is 1. The minimum Gasteiger partial charge on any atom is -0.495 e. The van der Waals surface area contributed by atoms with Crippen LogP contribution in [-0.4, -0.2) is 33.2 Å². The predicted molar refractivity (Wildman–Crippen MR) is 83.4 cm³/mol. The number of carbonyl (C=O) groups excluding carboxylic acids is 1. The van der Waals surface area contributed by atoms with Gasteiger partial charge < -0.3 is 20.1 Å². The van der Waals surface area contributed by atoms with Crippen molar-refractivity contribution in [3.63, 3.8) is 0 Å². The summed E-state index contributed by atoms with van der Waals surface area (Å²) >= 11 is 6.09. The molecule has 6 heteroatoms. The molecule has 21 heavy (non-hydrogen) atoms. The molecule has 1 aromatic carbocycles. The van der Waals surface area contributed by atoms with Crippen molar-refractivity contribution in [1.82, 2.24) is 5.32 Å². The molecule has 0 bridgehead atoms. The number of methoxy groups -OCH3 is 2. The molecule has 1 fully saturated rings. The third-order valence-corrected chi connectivity index (χ3v) is 3.98. The van der Waals surface area contributed by atoms with Crippen molar-refractivity contribution in [3.8, 4) is 11.5 Å². The second-order valence-corrected chi connectivity index (χ2v) is 5.54. The molecule has 1 aromatic rings. The molecule has 5 nitrogen and oxygen atoms in total. The van der Waals surface area contributed by atoms with E-state index in [0.29, 0.717) is 34.5 Å². The smallest absolute Gasteiger partial charge is 0.224 e. The summed E-state index contributed by atoms with van der Waals surface area (Å²) in [5, 5.41) is 6.61. The van der Waals surface area contributed by atoms with Gasteiger partial charge in [-0.3, -0.25) is 4.79 Å². The van der Waals surface area contributed by atoms with Crippen LogP contribution in [-0.2, 0) is 4.79 Å². The van der Waals surface area contributed by atoms with Gasteiger partial charge in [0.25, 0.3) is 0 Å². The molecule has 0 radical (unpaired) electrons. The number of piperidine rings is 1. The standard InChI is InChI=1S/C15H21ClN2O3/c1-20-13-9-14(21-2)12(8-11(13)16)18-15(19)7-10-3-5-17-6-4-10/h8-10,17H,3-7H2,1-2H3,(H,18,19). The van der Waals surface area contributed by atoms with E-state index in [4.69, 9.17) is 21.1 Å². The Hall–Kier alpha value is -1.46. The van der Waals surface area contributed by atoms with E-state index in [1.165, 1.54) is 7.11 Å². The minimum atomic E-state index is -0.0126. The average molecular weight is 313 g/mol. The summed E-state index contributed by atoms with van der Waals surface area (Å²) in [7, 11) is 3.08. The first-order chi connectivity index (χ1) is 10.1. The third-order valence-electron chi connectivity index (χ3n) is 3.68. The van der Waals surface area contributed by atoms with Crippen LogP contribution in [0.25, 0.3) is 0 Å². The first-order valence-electron chi connectivity index (χ1n) is 7.06. The van der Waals surface area contributed by atoms with Crippen molar-refractivity contribution >= 4 is 23.2 Å². The van der Waals surface area contributed by atoms with E-state index >= 15 is 0 Å². The van der Waals surface area contributed by atoms with Gasteiger partial charge in [0.15, 0.2) is 0 Å². The number of benzene rings is 1. The number of anilines is 1. The Morgan fingerprint density at radius 2 is 1.95 bits per heavy atom. The van der Waals surface area contributed by atoms with Gasteiger partial charge in [-0.15, -0.1) is 0 Å². The summed E-state index contributed by atoms with van der Waals surface area (Å²) in [5.41, 5.74) is 0.572. The Labute approximate surface area is 130 Å². The van der Waals surface area contributed by atoms with Crippen molar-refractivity contribution in [2.75, 3.05) is 32.6 Å². The third kappa shape index (κ3) is 4.25. The molecule has 2 rings (SSSR count). The SMILES string of the molecule is COc1cc(OC)c(NC(=O)CC2CCNCC2)cc1Cl. The van der Waals surface area contributed by atoms with Crippen LogP contribution in [0.5, 0.6) is 11.5 Å². The molecule has 1 saturated heterocycles. The first kappa shape index (κ1) is 15.9. The van der Waals surface area contributed by atoms with Crippen molar-refractivity contribution in [1.29, 1.82) is 0 Å². The molecule has 1 heterocycles. The van der Waals surface area contributed by atoms with Gasteiger partial charge in [0.1, 0.15) is 11.5 Å². The summed E-state index contributed by atoms with van der Waals surface area (Å²) in [4.78, 5) is 12.2. The molecule has 116 valence electrons. The van der Waals surface area contributed by atoms with Gasteiger partial charge in [-0.2, -0.15) is 0 Å². The second kappa shape index (κ2) is 7.52. The van der Waals surface area contributed by atoms with Gasteiger partial charge in [0, 0.05) is 12.5 Å². The number of hydrogen-bond donors (Lipinski definition) is 2. The molecular weight excluding hydrogens is 292 g/mol. The zero-order valence-electron chi connectivity index (χ0n) is 12.4. The van der Waals surface area contributed by atoms with Crippen LogP contribution in [0.3, 0.4) is 0 Å². The predicted octanol–water partition coefficient (Wildman–Crippen LogP) is 2.69. The zero-order valence-corrected chi connectivity index (χ0v) is 13.1. The molecule has 0 aliphatic carbocycles. The lowest BCUT2D eigenvalue weighted by Crippen LogP contribution is -2.30. The quantitative estimate of drug-likeness (QED) is 0.877. The fourth-order valence-electron chi connectivity index (χ4n) is 2.51. The number of rotatable bonds is 5. The van der Waals surface area contributed by atoms with Gasteiger partial charge >= 0.3 is 0 Å². The normalized spacial score (nSPS) is 15.6. The fraction of sp³-hybridized carbons (Fsp3) is 0.533. The van der Waals surface area contributed by atoms with E-state index in [0.717, 1.165) is 25.9 Å². The molecule has 1 aliphatic rings. The number of ether oxygens (including phenoxy) is 2. The molecule has 0 unspecified atom stereocenters. The largest absolute Gasteiger partial charge is 0.495 e. The topological polar surface area (TPSA) is 59.6 Å².